The van der Waals surface area contributed by atoms with Gasteiger partial charge in [0.05, 0.1) is 5.52 Å². The molecule has 0 aliphatic carbocycles. The molecule has 0 fully saturated rings. The number of nitrogens with zero attached hydrogens (tertiary/aromatic N) is 1. The van der Waals surface area contributed by atoms with E-state index in [1.807, 2.05) is 30.3 Å². The summed E-state index contributed by atoms with van der Waals surface area (Å²) in [6.07, 6.45) is 0. The minimum absolute atomic E-state index is 0.547. The zero-order valence-electron chi connectivity index (χ0n) is 17.1. The summed E-state index contributed by atoms with van der Waals surface area (Å²) in [5.41, 5.74) is 19.6. The van der Waals surface area contributed by atoms with Crippen molar-refractivity contribution in [3.63, 3.8) is 0 Å². The molecular formula is C25H27N3S. The molecule has 3 nitrogen and oxygen atoms in total. The van der Waals surface area contributed by atoms with E-state index in [-0.39, 0.29) is 0 Å². The summed E-state index contributed by atoms with van der Waals surface area (Å²) in [6.45, 7) is 6.83. The number of hydrogen-bond acceptors (Lipinski definition) is 4. The van der Waals surface area contributed by atoms with E-state index in [1.54, 1.807) is 0 Å². The van der Waals surface area contributed by atoms with Crippen molar-refractivity contribution in [2.75, 3.05) is 5.73 Å². The van der Waals surface area contributed by atoms with Crippen LogP contribution >= 0.6 is 12.6 Å². The average Bonchev–Trinajstić information content (AvgIpc) is 2.72. The molecule has 4 heteroatoms. The number of pyridine rings is 1. The number of nitrogen functional groups attached to an aromatic ring is 1. The highest BCUT2D eigenvalue weighted by Crippen LogP contribution is 2.25. The first-order chi connectivity index (χ1) is 13.9. The molecule has 0 saturated heterocycles. The summed E-state index contributed by atoms with van der Waals surface area (Å²) in [7, 11) is 0. The quantitative estimate of drug-likeness (QED) is 0.370. The zero-order valence-corrected chi connectivity index (χ0v) is 18.0. The van der Waals surface area contributed by atoms with Gasteiger partial charge in [-0.25, -0.2) is 4.98 Å². The molecule has 0 spiro atoms. The highest BCUT2D eigenvalue weighted by atomic mass is 32.1. The predicted molar refractivity (Wildman–Crippen MR) is 127 cm³/mol. The third-order valence-electron chi connectivity index (χ3n) is 4.84. The highest BCUT2D eigenvalue weighted by molar-refractivity contribution is 7.80. The van der Waals surface area contributed by atoms with Gasteiger partial charge in [0.15, 0.2) is 0 Å². The van der Waals surface area contributed by atoms with Crippen molar-refractivity contribution in [1.82, 2.24) is 4.98 Å². The van der Waals surface area contributed by atoms with E-state index in [0.717, 1.165) is 26.9 Å². The lowest BCUT2D eigenvalue weighted by Gasteiger charge is -2.06. The van der Waals surface area contributed by atoms with Gasteiger partial charge in [-0.05, 0) is 78.9 Å². The van der Waals surface area contributed by atoms with Crippen LogP contribution in [0.5, 0.6) is 0 Å². The lowest BCUT2D eigenvalue weighted by Crippen LogP contribution is -1.95. The van der Waals surface area contributed by atoms with Crippen LogP contribution in [0.2, 0.25) is 0 Å². The SMILES string of the molecule is Cc1cc(C)c(S)c(C)c1.NCc1cccc(-c2ccc3nc(N)ccc3c2)c1. The number of anilines is 1. The van der Waals surface area contributed by atoms with Crippen LogP contribution in [0.4, 0.5) is 5.82 Å². The Morgan fingerprint density at radius 1 is 0.828 bits per heavy atom. The Kier molecular flexibility index (Phi) is 6.57. The molecule has 3 aromatic carbocycles. The summed E-state index contributed by atoms with van der Waals surface area (Å²) in [6, 6.07) is 22.6. The van der Waals surface area contributed by atoms with Crippen LogP contribution in [0, 0.1) is 20.8 Å². The molecule has 4 aromatic rings. The summed E-state index contributed by atoms with van der Waals surface area (Å²) in [4.78, 5) is 5.42. The number of nitrogens with two attached hydrogens (primary N) is 2. The summed E-state index contributed by atoms with van der Waals surface area (Å²) < 4.78 is 0. The fraction of sp³-hybridized carbons (Fsp3) is 0.160. The minimum atomic E-state index is 0.547. The third-order valence-corrected chi connectivity index (χ3v) is 5.55. The first-order valence-corrected chi connectivity index (χ1v) is 10.0. The van der Waals surface area contributed by atoms with Gasteiger partial charge >= 0.3 is 0 Å². The number of thiol groups is 1. The predicted octanol–water partition coefficient (Wildman–Crippen LogP) is 5.84. The second-order valence-electron chi connectivity index (χ2n) is 7.30. The van der Waals surface area contributed by atoms with Crippen molar-refractivity contribution in [2.45, 2.75) is 32.2 Å². The maximum atomic E-state index is 5.69. The minimum Gasteiger partial charge on any atom is -0.384 e. The van der Waals surface area contributed by atoms with Crippen LogP contribution in [0.1, 0.15) is 22.3 Å². The van der Waals surface area contributed by atoms with Gasteiger partial charge in [0.1, 0.15) is 5.82 Å². The van der Waals surface area contributed by atoms with Crippen LogP contribution in [0.25, 0.3) is 22.0 Å². The second kappa shape index (κ2) is 9.12. The van der Waals surface area contributed by atoms with Crippen molar-refractivity contribution < 1.29 is 0 Å². The van der Waals surface area contributed by atoms with Gasteiger partial charge in [0, 0.05) is 16.8 Å². The Bertz CT molecular complexity index is 1130. The van der Waals surface area contributed by atoms with Crippen LogP contribution in [0.15, 0.2) is 71.6 Å². The summed E-state index contributed by atoms with van der Waals surface area (Å²) in [5, 5.41) is 1.09. The highest BCUT2D eigenvalue weighted by Gasteiger charge is 2.02. The maximum absolute atomic E-state index is 5.69. The smallest absolute Gasteiger partial charge is 0.124 e. The topological polar surface area (TPSA) is 64.9 Å². The van der Waals surface area contributed by atoms with Gasteiger partial charge in [-0.2, -0.15) is 0 Å². The lowest BCUT2D eigenvalue weighted by atomic mass is 10.0. The van der Waals surface area contributed by atoms with E-state index in [2.05, 4.69) is 74.8 Å². The number of benzene rings is 3. The second-order valence-corrected chi connectivity index (χ2v) is 7.74. The van der Waals surface area contributed by atoms with Crippen molar-refractivity contribution in [3.8, 4) is 11.1 Å². The average molecular weight is 402 g/mol. The van der Waals surface area contributed by atoms with Crippen LogP contribution in [-0.4, -0.2) is 4.98 Å². The van der Waals surface area contributed by atoms with E-state index < -0.39 is 0 Å². The summed E-state index contributed by atoms with van der Waals surface area (Å²) >= 11 is 4.36. The van der Waals surface area contributed by atoms with Gasteiger partial charge in [-0.3, -0.25) is 0 Å². The van der Waals surface area contributed by atoms with Gasteiger partial charge < -0.3 is 11.5 Å². The molecule has 0 saturated carbocycles. The first kappa shape index (κ1) is 20.9. The Morgan fingerprint density at radius 2 is 1.52 bits per heavy atom. The maximum Gasteiger partial charge on any atom is 0.124 e. The molecule has 148 valence electrons. The molecule has 4 N–H and O–H groups in total. The van der Waals surface area contributed by atoms with Gasteiger partial charge in [0.2, 0.25) is 0 Å². The van der Waals surface area contributed by atoms with Gasteiger partial charge in [-0.15, -0.1) is 12.6 Å². The van der Waals surface area contributed by atoms with Crippen LogP contribution in [0.3, 0.4) is 0 Å². The van der Waals surface area contributed by atoms with Crippen LogP contribution < -0.4 is 11.5 Å². The number of rotatable bonds is 2. The van der Waals surface area contributed by atoms with Gasteiger partial charge in [-0.1, -0.05) is 42.0 Å². The molecule has 0 aliphatic rings. The molecule has 29 heavy (non-hydrogen) atoms. The number of aryl methyl sites for hydroxylation is 3. The molecular weight excluding hydrogens is 374 g/mol. The summed E-state index contributed by atoms with van der Waals surface area (Å²) in [5.74, 6) is 0.547. The molecule has 0 aliphatic heterocycles. The number of fused-ring (bicyclic) bond motifs is 1. The van der Waals surface area contributed by atoms with E-state index >= 15 is 0 Å². The molecule has 1 heterocycles. The Labute approximate surface area is 178 Å². The molecule has 4 rings (SSSR count). The van der Waals surface area contributed by atoms with E-state index in [1.165, 1.54) is 22.3 Å². The Hall–Kier alpha value is -2.82. The first-order valence-electron chi connectivity index (χ1n) is 9.60. The largest absolute Gasteiger partial charge is 0.384 e. The molecule has 0 radical (unpaired) electrons. The van der Waals surface area contributed by atoms with Crippen molar-refractivity contribution in [3.05, 3.63) is 89.0 Å². The fourth-order valence-electron chi connectivity index (χ4n) is 3.37. The number of hydrogen-bond donors (Lipinski definition) is 3. The fourth-order valence-corrected chi connectivity index (χ4v) is 3.50. The Morgan fingerprint density at radius 3 is 2.21 bits per heavy atom. The standard InChI is InChI=1S/C16H15N3.C9H12S/c17-10-11-2-1-3-12(8-11)13-4-6-15-14(9-13)5-7-16(18)19-15;1-6-4-7(2)9(10)8(3)5-6/h1-9H,10,17H2,(H2,18,19);4-5,10H,1-3H3. The van der Waals surface area contributed by atoms with E-state index in [0.29, 0.717) is 12.4 Å². The molecule has 0 amide bonds. The van der Waals surface area contributed by atoms with Crippen molar-refractivity contribution in [2.24, 2.45) is 5.73 Å². The molecule has 0 atom stereocenters. The van der Waals surface area contributed by atoms with E-state index in [9.17, 15) is 0 Å². The molecule has 0 bridgehead atoms. The monoisotopic (exact) mass is 401 g/mol. The van der Waals surface area contributed by atoms with Crippen molar-refractivity contribution in [1.29, 1.82) is 0 Å². The lowest BCUT2D eigenvalue weighted by molar-refractivity contribution is 1.07. The van der Waals surface area contributed by atoms with Crippen LogP contribution in [-0.2, 0) is 6.54 Å². The van der Waals surface area contributed by atoms with Crippen molar-refractivity contribution >= 4 is 29.3 Å². The Balaban J connectivity index is 0.000000204. The normalized spacial score (nSPS) is 10.5. The number of aromatic nitrogens is 1. The third kappa shape index (κ3) is 5.17. The van der Waals surface area contributed by atoms with E-state index in [4.69, 9.17) is 11.5 Å². The zero-order chi connectivity index (χ0) is 21.0. The van der Waals surface area contributed by atoms with Gasteiger partial charge in [0.25, 0.3) is 0 Å². The molecule has 0 unspecified atom stereocenters. The molecule has 1 aromatic heterocycles.